The predicted octanol–water partition coefficient (Wildman–Crippen LogP) is 1.01. The molecular weight excluding hydrogens is 254 g/mol. The second kappa shape index (κ2) is 5.98. The molecule has 0 aromatic carbocycles. The van der Waals surface area contributed by atoms with Gasteiger partial charge >= 0.3 is 5.97 Å². The van der Waals surface area contributed by atoms with E-state index in [4.69, 9.17) is 5.11 Å². The van der Waals surface area contributed by atoms with Crippen LogP contribution >= 0.6 is 0 Å². The Morgan fingerprint density at radius 2 is 2.16 bits per heavy atom. The smallest absolute Gasteiger partial charge is 0.308 e. The van der Waals surface area contributed by atoms with Crippen LogP contribution < -0.4 is 5.32 Å². The van der Waals surface area contributed by atoms with Crippen LogP contribution in [0.5, 0.6) is 0 Å². The molecular formula is C11H15N3O5. The molecule has 1 heterocycles. The number of aromatic nitrogens is 1. The van der Waals surface area contributed by atoms with Crippen molar-refractivity contribution in [2.45, 2.75) is 13.8 Å². The number of nitrogens with one attached hydrogen (secondary N) is 2. The van der Waals surface area contributed by atoms with Crippen LogP contribution in [0.4, 0.5) is 5.69 Å². The first-order chi connectivity index (χ1) is 8.82. The van der Waals surface area contributed by atoms with Crippen molar-refractivity contribution >= 4 is 17.6 Å². The van der Waals surface area contributed by atoms with E-state index in [1.54, 1.807) is 13.8 Å². The minimum atomic E-state index is -0.993. The maximum absolute atomic E-state index is 11.7. The molecule has 0 fully saturated rings. The molecule has 1 unspecified atom stereocenters. The lowest BCUT2D eigenvalue weighted by atomic mass is 9.96. The molecule has 0 saturated carbocycles. The molecule has 0 spiro atoms. The number of nitrogens with zero attached hydrogens (tertiary/aromatic N) is 1. The summed E-state index contributed by atoms with van der Waals surface area (Å²) < 4.78 is 0. The Morgan fingerprint density at radius 3 is 2.58 bits per heavy atom. The second-order valence-corrected chi connectivity index (χ2v) is 4.43. The first-order valence-electron chi connectivity index (χ1n) is 5.66. The molecule has 8 nitrogen and oxygen atoms in total. The minimum absolute atomic E-state index is 0.0274. The third-order valence-electron chi connectivity index (χ3n) is 2.73. The van der Waals surface area contributed by atoms with Crippen LogP contribution in [-0.2, 0) is 4.79 Å². The van der Waals surface area contributed by atoms with E-state index < -0.39 is 22.7 Å². The highest BCUT2D eigenvalue weighted by Crippen LogP contribution is 2.13. The summed E-state index contributed by atoms with van der Waals surface area (Å²) in [6.45, 7) is 3.45. The van der Waals surface area contributed by atoms with E-state index in [9.17, 15) is 19.7 Å². The largest absolute Gasteiger partial charge is 0.481 e. The van der Waals surface area contributed by atoms with Crippen molar-refractivity contribution in [3.8, 4) is 0 Å². The van der Waals surface area contributed by atoms with E-state index >= 15 is 0 Å². The van der Waals surface area contributed by atoms with Crippen LogP contribution in [0.15, 0.2) is 12.3 Å². The van der Waals surface area contributed by atoms with E-state index in [1.807, 2.05) is 0 Å². The number of nitro groups is 1. The normalized spacial score (nSPS) is 12.2. The number of rotatable bonds is 6. The van der Waals surface area contributed by atoms with Gasteiger partial charge in [0.15, 0.2) is 0 Å². The van der Waals surface area contributed by atoms with Gasteiger partial charge in [-0.3, -0.25) is 19.7 Å². The fraction of sp³-hybridized carbons (Fsp3) is 0.455. The van der Waals surface area contributed by atoms with Crippen LogP contribution in [0.2, 0.25) is 0 Å². The minimum Gasteiger partial charge on any atom is -0.481 e. The maximum atomic E-state index is 11.7. The lowest BCUT2D eigenvalue weighted by molar-refractivity contribution is -0.384. The molecule has 0 saturated heterocycles. The monoisotopic (exact) mass is 269 g/mol. The maximum Gasteiger partial charge on any atom is 0.308 e. The van der Waals surface area contributed by atoms with Gasteiger partial charge in [-0.25, -0.2) is 0 Å². The Morgan fingerprint density at radius 1 is 1.53 bits per heavy atom. The Labute approximate surface area is 109 Å². The number of aromatic amines is 1. The van der Waals surface area contributed by atoms with Crippen molar-refractivity contribution in [3.05, 3.63) is 28.1 Å². The zero-order chi connectivity index (χ0) is 14.6. The van der Waals surface area contributed by atoms with Gasteiger partial charge < -0.3 is 15.4 Å². The summed E-state index contributed by atoms with van der Waals surface area (Å²) in [5.74, 6) is -2.39. The number of carboxylic acid groups (broad SMARTS) is 1. The zero-order valence-corrected chi connectivity index (χ0v) is 10.5. The number of carboxylic acids is 1. The molecule has 0 radical (unpaired) electrons. The standard InChI is InChI=1S/C11H15N3O5/c1-6(2)8(11(16)17)5-13-10(15)9-3-7(4-12-9)14(18)19/h3-4,6,8,12H,5H2,1-2H3,(H,13,15)(H,16,17). The van der Waals surface area contributed by atoms with Gasteiger partial charge in [-0.15, -0.1) is 0 Å². The van der Waals surface area contributed by atoms with Crippen LogP contribution in [-0.4, -0.2) is 33.4 Å². The van der Waals surface area contributed by atoms with Gasteiger partial charge in [0.05, 0.1) is 17.0 Å². The molecule has 104 valence electrons. The highest BCUT2D eigenvalue weighted by atomic mass is 16.6. The van der Waals surface area contributed by atoms with Gasteiger partial charge in [0.2, 0.25) is 0 Å². The summed E-state index contributed by atoms with van der Waals surface area (Å²) in [7, 11) is 0. The van der Waals surface area contributed by atoms with Gasteiger partial charge in [-0.1, -0.05) is 13.8 Å². The lowest BCUT2D eigenvalue weighted by Gasteiger charge is -2.16. The number of hydrogen-bond donors (Lipinski definition) is 3. The molecule has 0 aliphatic carbocycles. The van der Waals surface area contributed by atoms with Crippen LogP contribution in [0.3, 0.4) is 0 Å². The van der Waals surface area contributed by atoms with Gasteiger partial charge in [0.25, 0.3) is 11.6 Å². The summed E-state index contributed by atoms with van der Waals surface area (Å²) in [6, 6.07) is 1.10. The molecule has 3 N–H and O–H groups in total. The molecule has 0 aliphatic heterocycles. The summed E-state index contributed by atoms with van der Waals surface area (Å²) >= 11 is 0. The summed E-state index contributed by atoms with van der Waals surface area (Å²) in [6.07, 6.45) is 1.10. The second-order valence-electron chi connectivity index (χ2n) is 4.43. The van der Waals surface area contributed by atoms with Crippen LogP contribution in [0, 0.1) is 22.0 Å². The molecule has 1 aromatic heterocycles. The molecule has 0 bridgehead atoms. The summed E-state index contributed by atoms with van der Waals surface area (Å²) in [5, 5.41) is 21.9. The number of H-pyrrole nitrogens is 1. The zero-order valence-electron chi connectivity index (χ0n) is 10.5. The molecule has 8 heteroatoms. The van der Waals surface area contributed by atoms with Crippen molar-refractivity contribution in [1.82, 2.24) is 10.3 Å². The van der Waals surface area contributed by atoms with Crippen LogP contribution in [0.25, 0.3) is 0 Å². The Bertz CT molecular complexity index is 494. The van der Waals surface area contributed by atoms with Gasteiger partial charge in [-0.05, 0) is 5.92 Å². The number of amides is 1. The molecule has 19 heavy (non-hydrogen) atoms. The molecule has 1 aromatic rings. The highest BCUT2D eigenvalue weighted by molar-refractivity contribution is 5.93. The average molecular weight is 269 g/mol. The molecule has 0 aliphatic rings. The van der Waals surface area contributed by atoms with Gasteiger partial charge in [-0.2, -0.15) is 0 Å². The lowest BCUT2D eigenvalue weighted by Crippen LogP contribution is -2.35. The first-order valence-corrected chi connectivity index (χ1v) is 5.66. The van der Waals surface area contributed by atoms with Crippen molar-refractivity contribution in [2.75, 3.05) is 6.54 Å². The van der Waals surface area contributed by atoms with E-state index in [1.165, 1.54) is 0 Å². The van der Waals surface area contributed by atoms with E-state index in [0.717, 1.165) is 12.3 Å². The van der Waals surface area contributed by atoms with Crippen molar-refractivity contribution in [3.63, 3.8) is 0 Å². The molecule has 1 atom stereocenters. The van der Waals surface area contributed by atoms with E-state index in [0.29, 0.717) is 0 Å². The average Bonchev–Trinajstić information content (AvgIpc) is 2.77. The topological polar surface area (TPSA) is 125 Å². The van der Waals surface area contributed by atoms with Crippen molar-refractivity contribution in [2.24, 2.45) is 11.8 Å². The molecule has 1 amide bonds. The fourth-order valence-electron chi connectivity index (χ4n) is 1.53. The predicted molar refractivity (Wildman–Crippen MR) is 65.7 cm³/mol. The van der Waals surface area contributed by atoms with Crippen molar-refractivity contribution in [1.29, 1.82) is 0 Å². The Hall–Kier alpha value is -2.38. The number of carbonyl (C=O) groups excluding carboxylic acids is 1. The van der Waals surface area contributed by atoms with Gasteiger partial charge in [0.1, 0.15) is 5.69 Å². The third-order valence-corrected chi connectivity index (χ3v) is 2.73. The SMILES string of the molecule is CC(C)C(CNC(=O)c1cc([N+](=O)[O-])c[nH]1)C(=O)O. The van der Waals surface area contributed by atoms with Crippen LogP contribution in [0.1, 0.15) is 24.3 Å². The number of hydrogen-bond acceptors (Lipinski definition) is 4. The number of aliphatic carboxylic acids is 1. The third kappa shape index (κ3) is 3.80. The summed E-state index contributed by atoms with van der Waals surface area (Å²) in [4.78, 5) is 34.9. The van der Waals surface area contributed by atoms with Gasteiger partial charge in [0, 0.05) is 12.6 Å². The fourth-order valence-corrected chi connectivity index (χ4v) is 1.53. The first kappa shape index (κ1) is 14.7. The number of carbonyl (C=O) groups is 2. The van der Waals surface area contributed by atoms with E-state index in [2.05, 4.69) is 10.3 Å². The highest BCUT2D eigenvalue weighted by Gasteiger charge is 2.23. The quantitative estimate of drug-likeness (QED) is 0.525. The van der Waals surface area contributed by atoms with Crippen molar-refractivity contribution < 1.29 is 19.6 Å². The summed E-state index contributed by atoms with van der Waals surface area (Å²) in [5.41, 5.74) is -0.191. The Kier molecular flexibility index (Phi) is 4.62. The Balaban J connectivity index is 2.64. The van der Waals surface area contributed by atoms with E-state index in [-0.39, 0.29) is 23.8 Å². The molecule has 1 rings (SSSR count).